The maximum absolute atomic E-state index is 13.8. The Kier molecular flexibility index (Phi) is 43.3. The van der Waals surface area contributed by atoms with Crippen LogP contribution in [-0.2, 0) is 104 Å². The van der Waals surface area contributed by atoms with Crippen LogP contribution in [-0.4, -0.2) is 216 Å². The molecule has 3 heterocycles. The molecule has 0 amide bonds. The van der Waals surface area contributed by atoms with Crippen molar-refractivity contribution in [2.75, 3.05) is 45.9 Å². The molecule has 7 aromatic rings. The van der Waals surface area contributed by atoms with Gasteiger partial charge in [0.1, 0.15) is 47.8 Å². The smallest absolute Gasteiger partial charge is 0.297 e. The van der Waals surface area contributed by atoms with Crippen molar-refractivity contribution in [3.8, 4) is 17.2 Å². The summed E-state index contributed by atoms with van der Waals surface area (Å²) in [7, 11) is -29.4. The van der Waals surface area contributed by atoms with Crippen molar-refractivity contribution in [2.24, 2.45) is 17.8 Å². The summed E-state index contributed by atoms with van der Waals surface area (Å²) in [6.07, 6.45) is -7.29. The van der Waals surface area contributed by atoms with Crippen LogP contribution in [0, 0.1) is 24.7 Å². The molecule has 0 radical (unpaired) electrons. The zero-order chi connectivity index (χ0) is 109. The summed E-state index contributed by atoms with van der Waals surface area (Å²) in [5.74, 6) is -4.22. The molecule has 18 atom stereocenters. The van der Waals surface area contributed by atoms with E-state index >= 15 is 0 Å². The van der Waals surface area contributed by atoms with Crippen LogP contribution in [0.4, 0.5) is 0 Å². The highest BCUT2D eigenvalue weighted by Gasteiger charge is 2.61. The van der Waals surface area contributed by atoms with Gasteiger partial charge < -0.3 is 88.0 Å². The summed E-state index contributed by atoms with van der Waals surface area (Å²) in [5.41, 5.74) is 5.56. The van der Waals surface area contributed by atoms with Gasteiger partial charge in [-0.25, -0.2) is 0 Å². The molecule has 0 saturated carbocycles. The quantitative estimate of drug-likeness (QED) is 0.0236. The predicted molar refractivity (Wildman–Crippen MR) is 604 cm³/mol. The van der Waals surface area contributed by atoms with Crippen molar-refractivity contribution in [3.63, 3.8) is 0 Å². The Morgan fingerprint density at radius 1 is 0.333 bits per heavy atom. The molecule has 7 aromatic carbocycles. The van der Waals surface area contributed by atoms with Gasteiger partial charge in [0.15, 0.2) is 83.2 Å². The van der Waals surface area contributed by atoms with Crippen molar-refractivity contribution in [1.82, 2.24) is 0 Å². The van der Waals surface area contributed by atoms with Crippen molar-refractivity contribution in [2.45, 2.75) is 340 Å². The fourth-order valence-electron chi connectivity index (χ4n) is 16.8. The van der Waals surface area contributed by atoms with E-state index in [1.807, 2.05) is 70.2 Å². The monoisotopic (exact) mass is 2270 g/mol. The third-order valence-electron chi connectivity index (χ3n) is 23.1. The van der Waals surface area contributed by atoms with Gasteiger partial charge in [-0.15, -0.1) is 0 Å². The number of hydrogen-bond acceptors (Lipinski definition) is 25. The number of aryl methyl sites for hydroxylation is 1. The third-order valence-corrected chi connectivity index (χ3v) is 35.9. The van der Waals surface area contributed by atoms with Crippen LogP contribution in [0.5, 0.6) is 17.2 Å². The van der Waals surface area contributed by atoms with Crippen LogP contribution in [0.3, 0.4) is 0 Å². The van der Waals surface area contributed by atoms with Crippen molar-refractivity contribution >= 4 is 138 Å². The van der Waals surface area contributed by atoms with Crippen molar-refractivity contribution in [1.29, 1.82) is 0 Å². The maximum Gasteiger partial charge on any atom is 0.297 e. The Bertz CT molecular complexity index is 5530. The second-order valence-electron chi connectivity index (χ2n) is 47.7. The second-order valence-corrected chi connectivity index (χ2v) is 96.8. The maximum atomic E-state index is 13.8. The Morgan fingerprint density at radius 3 is 0.819 bits per heavy atom. The lowest BCUT2D eigenvalue weighted by molar-refractivity contribution is -0.341. The first kappa shape index (κ1) is 125. The lowest BCUT2D eigenvalue weighted by atomic mass is 9.83. The third kappa shape index (κ3) is 37.2. The summed E-state index contributed by atoms with van der Waals surface area (Å²) in [6.45, 7) is 79.8. The van der Waals surface area contributed by atoms with Gasteiger partial charge in [0.2, 0.25) is 17.4 Å². The molecule has 3 aliphatic heterocycles. The van der Waals surface area contributed by atoms with Crippen LogP contribution < -0.4 is 14.2 Å². The number of hydrogen-bond donors (Lipinski definition) is 3. The van der Waals surface area contributed by atoms with Gasteiger partial charge in [-0.2, -0.15) is 16.8 Å². The fourth-order valence-corrected chi connectivity index (χ4v) is 28.7. The molecule has 0 bridgehead atoms. The summed E-state index contributed by atoms with van der Waals surface area (Å²) < 4.78 is 168. The number of benzene rings is 7. The topological polar surface area (TPSA) is 295 Å². The van der Waals surface area contributed by atoms with E-state index in [1.165, 1.54) is 12.1 Å². The van der Waals surface area contributed by atoms with Crippen LogP contribution in [0.25, 0.3) is 0 Å². The average molecular weight is 2270 g/mol. The summed E-state index contributed by atoms with van der Waals surface area (Å²) in [5, 5.41) is 39.8. The first-order valence-corrected chi connectivity index (χ1v) is 88.5. The zero-order valence-electron chi connectivity index (χ0n) is 92.6. The van der Waals surface area contributed by atoms with Gasteiger partial charge in [-0.05, 0) is 326 Å². The minimum atomic E-state index is -4.29. The van der Waals surface area contributed by atoms with Crippen molar-refractivity contribution in [3.05, 3.63) is 222 Å². The van der Waals surface area contributed by atoms with Crippen LogP contribution in [0.15, 0.2) is 157 Å². The molecule has 0 aliphatic carbocycles. The molecule has 0 spiro atoms. The number of ether oxygens (including phenoxy) is 6. The Labute approximate surface area is 887 Å². The molecule has 144 heavy (non-hydrogen) atoms. The van der Waals surface area contributed by atoms with Crippen LogP contribution >= 0.6 is 34.8 Å². The first-order chi connectivity index (χ1) is 65.8. The van der Waals surface area contributed by atoms with E-state index in [0.29, 0.717) is 81.9 Å². The van der Waals surface area contributed by atoms with E-state index in [1.54, 1.807) is 97.1 Å². The minimum Gasteiger partial charge on any atom is -0.494 e. The molecule has 3 aliphatic rings. The second kappa shape index (κ2) is 49.7. The molecule has 808 valence electrons. The Hall–Kier alpha value is -3.84. The van der Waals surface area contributed by atoms with E-state index < -0.39 is 194 Å². The molecule has 25 nitrogen and oxygen atoms in total. The largest absolute Gasteiger partial charge is 0.494 e. The fraction of sp³-hybridized carbons (Fsp3) is 0.596. The van der Waals surface area contributed by atoms with Crippen LogP contribution in [0.1, 0.15) is 115 Å². The number of rotatable bonds is 43. The van der Waals surface area contributed by atoms with Gasteiger partial charge in [-0.1, -0.05) is 128 Å². The number of halogens is 3. The molecule has 3 saturated heterocycles. The first-order valence-electron chi connectivity index (χ1n) is 50.1. The predicted octanol–water partition coefficient (Wildman–Crippen LogP) is 25.4. The van der Waals surface area contributed by atoms with E-state index in [0.717, 1.165) is 28.7 Å². The highest BCUT2D eigenvalue weighted by atomic mass is 35.5. The van der Waals surface area contributed by atoms with E-state index in [2.05, 4.69) is 217 Å². The standard InChI is InChI=1S/C38H57ClO9SSi3.C34H59ClO7Si4.C32H53ClO9SSi3/c1-13-43-30-19-16-28(17-20-30)36(46-49(41,42)31-21-14-26(2)15-22-31)32-24-29(18-23-33(32)39)38(40)37(48-52(10,11)12)35(47-51(7,8)9)27(3)34(45-38)25-44-50(4,5)6;1-15-37-27-19-16-25(17-20-27)32(41-45(9,10)11)28-22-26(18-21-29(28)35)34(36)33(42-46(12,13)14)31(40-44(6,7)8)24(2)30(39-34)23-38-43(3,4)5;1-13-37-25-17-14-23(15-18-25)30(40-43(3,35)36)26-20-24(16-19-27(26)33)32(34)31(42-46(10,11)12)29(41-45(7,8)9)22(2)28(39-32)21-38-44(4,5)6/h14-24,27,34-37,40H,13,25H2,1-12H3;16-22,24,30-33,36H,15,23H2,1-14H3;14-20,22,28-31,34H,13,21H2,1-12H3/t27-,34-,35+,36?,37-,38+;24-,30-,31+,32?,33-,34+;22-,28-,29+,30?,31-,32+/m111/s1. The van der Waals surface area contributed by atoms with Gasteiger partial charge in [0.05, 0.1) is 93.5 Å². The zero-order valence-corrected chi connectivity index (χ0v) is 107. The molecular weight excluding hydrogens is 2100 g/mol. The highest BCUT2D eigenvalue weighted by molar-refractivity contribution is 7.86. The number of aliphatic hydroxyl groups is 3. The average Bonchev–Trinajstić information content (AvgIpc) is 0.740. The molecule has 3 N–H and O–H groups in total. The van der Waals surface area contributed by atoms with Gasteiger partial charge in [0, 0.05) is 66.2 Å². The van der Waals surface area contributed by atoms with E-state index in [9.17, 15) is 32.2 Å². The Morgan fingerprint density at radius 2 is 0.583 bits per heavy atom. The minimum absolute atomic E-state index is 0.00437. The molecule has 0 aromatic heterocycles. The Balaban J connectivity index is 0.000000265. The normalized spacial score (nSPS) is 24.8. The molecule has 40 heteroatoms. The van der Waals surface area contributed by atoms with Crippen LogP contribution in [0.2, 0.25) is 211 Å². The lowest BCUT2D eigenvalue weighted by Crippen LogP contribution is -2.65. The molecule has 3 fully saturated rings. The van der Waals surface area contributed by atoms with Gasteiger partial charge >= 0.3 is 0 Å². The summed E-state index contributed by atoms with van der Waals surface area (Å²) in [6, 6.07) is 43.9. The SMILES string of the molecule is CCOc1ccc(C(OS(=O)(=O)c2ccc(C)cc2)c2cc([C@]3(O)O[C@H](CO[Si](C)(C)C)[C@@H](C)[C@H](O[Si](C)(C)C)[C@H]3O[Si](C)(C)C)ccc2Cl)cc1.CCOc1ccc(C(OS(C)(=O)=O)c2cc([C@]3(O)O[C@H](CO[Si](C)(C)C)[C@@H](C)[C@H](O[Si](C)(C)C)[C@H]3O[Si](C)(C)C)ccc2Cl)cc1.CCOc1ccc(C(O[Si](C)(C)C)c2cc([C@]3(O)O[C@H](CO[Si](C)(C)C)[C@@H](C)[C@H](O[Si](C)(C)C)[C@H]3O[Si](C)(C)C)ccc2Cl)cc1. The lowest BCUT2D eigenvalue weighted by Gasteiger charge is -2.53. The van der Waals surface area contributed by atoms with E-state index in [4.69, 9.17) is 116 Å². The molecule has 3 unspecified atom stereocenters. The molecular formula is C104H169Cl3O25S2Si10. The van der Waals surface area contributed by atoms with Gasteiger partial charge in [-0.3, -0.25) is 8.37 Å². The van der Waals surface area contributed by atoms with E-state index in [-0.39, 0.29) is 45.9 Å². The van der Waals surface area contributed by atoms with Crippen molar-refractivity contribution < 1.29 is 113 Å². The highest BCUT2D eigenvalue weighted by Crippen LogP contribution is 2.52. The molecule has 10 rings (SSSR count). The van der Waals surface area contributed by atoms with Gasteiger partial charge in [0.25, 0.3) is 20.2 Å². The summed E-state index contributed by atoms with van der Waals surface area (Å²) >= 11 is 20.7. The summed E-state index contributed by atoms with van der Waals surface area (Å²) in [4.78, 5) is 0.00437.